The number of benzene rings is 1. The van der Waals surface area contributed by atoms with Crippen molar-refractivity contribution in [3.8, 4) is 0 Å². The minimum absolute atomic E-state index is 0.00113. The predicted molar refractivity (Wildman–Crippen MR) is 93.5 cm³/mol. The molecule has 0 spiro atoms. The maximum Gasteiger partial charge on any atom is 0.225 e. The van der Waals surface area contributed by atoms with Crippen molar-refractivity contribution in [3.05, 3.63) is 51.7 Å². The average Bonchev–Trinajstić information content (AvgIpc) is 3.23. The first kappa shape index (κ1) is 16.4. The Balaban J connectivity index is 1.50. The predicted octanol–water partition coefficient (Wildman–Crippen LogP) is 2.20. The molecule has 1 aromatic carbocycles. The van der Waals surface area contributed by atoms with Crippen molar-refractivity contribution >= 4 is 35.1 Å². The first-order valence-corrected chi connectivity index (χ1v) is 8.72. The molecule has 124 valence electrons. The van der Waals surface area contributed by atoms with Crippen molar-refractivity contribution in [2.45, 2.75) is 19.3 Å². The number of nitrogens with one attached hydrogen (secondary N) is 1. The summed E-state index contributed by atoms with van der Waals surface area (Å²) < 4.78 is 0. The molecule has 1 aliphatic rings. The van der Waals surface area contributed by atoms with E-state index in [1.54, 1.807) is 22.3 Å². The smallest absolute Gasteiger partial charge is 0.225 e. The summed E-state index contributed by atoms with van der Waals surface area (Å²) in [4.78, 5) is 37.6. The molecule has 1 aliphatic heterocycles. The minimum Gasteiger partial charge on any atom is -0.355 e. The molecule has 0 bridgehead atoms. The molecule has 1 aromatic heterocycles. The highest BCUT2D eigenvalue weighted by atomic mass is 32.1. The van der Waals surface area contributed by atoms with Gasteiger partial charge in [-0.05, 0) is 41.6 Å². The van der Waals surface area contributed by atoms with E-state index in [1.807, 2.05) is 29.6 Å². The minimum atomic E-state index is -0.0687. The molecule has 2 aromatic rings. The van der Waals surface area contributed by atoms with E-state index in [0.29, 0.717) is 25.1 Å². The SMILES string of the molecule is O=CN1CCc2cc(C(=O)CCNC(=O)Cc3cccs3)ccc21. The second-order valence-electron chi connectivity index (χ2n) is 5.67. The van der Waals surface area contributed by atoms with Gasteiger partial charge in [0, 0.05) is 35.6 Å². The molecule has 6 heteroatoms. The number of carbonyl (C=O) groups is 3. The summed E-state index contributed by atoms with van der Waals surface area (Å²) in [6, 6.07) is 9.25. The van der Waals surface area contributed by atoms with E-state index >= 15 is 0 Å². The maximum absolute atomic E-state index is 12.3. The lowest BCUT2D eigenvalue weighted by molar-refractivity contribution is -0.120. The van der Waals surface area contributed by atoms with Crippen LogP contribution in [0.5, 0.6) is 0 Å². The van der Waals surface area contributed by atoms with Gasteiger partial charge in [0.25, 0.3) is 0 Å². The fourth-order valence-corrected chi connectivity index (χ4v) is 3.51. The first-order chi connectivity index (χ1) is 11.7. The van der Waals surface area contributed by atoms with Crippen molar-refractivity contribution in [1.82, 2.24) is 5.32 Å². The van der Waals surface area contributed by atoms with E-state index in [2.05, 4.69) is 5.32 Å². The van der Waals surface area contributed by atoms with Gasteiger partial charge in [0.2, 0.25) is 12.3 Å². The van der Waals surface area contributed by atoms with Crippen molar-refractivity contribution in [1.29, 1.82) is 0 Å². The Morgan fingerprint density at radius 3 is 2.92 bits per heavy atom. The molecule has 24 heavy (non-hydrogen) atoms. The molecule has 0 unspecified atom stereocenters. The van der Waals surface area contributed by atoms with Crippen LogP contribution < -0.4 is 10.2 Å². The van der Waals surface area contributed by atoms with Gasteiger partial charge in [0.05, 0.1) is 6.42 Å². The zero-order chi connectivity index (χ0) is 16.9. The summed E-state index contributed by atoms with van der Waals surface area (Å²) in [5.41, 5.74) is 2.54. The summed E-state index contributed by atoms with van der Waals surface area (Å²) in [6.07, 6.45) is 2.21. The molecule has 0 atom stereocenters. The van der Waals surface area contributed by atoms with Crippen LogP contribution in [0.4, 0.5) is 5.69 Å². The molecular weight excluding hydrogens is 324 g/mol. The molecule has 0 saturated heterocycles. The molecule has 2 heterocycles. The number of rotatable bonds is 7. The molecule has 1 N–H and O–H groups in total. The lowest BCUT2D eigenvalue weighted by atomic mass is 10.0. The Labute approximate surface area is 144 Å². The van der Waals surface area contributed by atoms with Gasteiger partial charge < -0.3 is 10.2 Å². The second kappa shape index (κ2) is 7.40. The largest absolute Gasteiger partial charge is 0.355 e. The van der Waals surface area contributed by atoms with Gasteiger partial charge in [-0.1, -0.05) is 6.07 Å². The average molecular weight is 342 g/mol. The highest BCUT2D eigenvalue weighted by molar-refractivity contribution is 7.10. The van der Waals surface area contributed by atoms with Crippen molar-refractivity contribution in [3.63, 3.8) is 0 Å². The Bertz CT molecular complexity index is 756. The highest BCUT2D eigenvalue weighted by Crippen LogP contribution is 2.27. The summed E-state index contributed by atoms with van der Waals surface area (Å²) in [7, 11) is 0. The number of carbonyl (C=O) groups excluding carboxylic acids is 3. The third-order valence-electron chi connectivity index (χ3n) is 4.05. The zero-order valence-electron chi connectivity index (χ0n) is 13.2. The van der Waals surface area contributed by atoms with Gasteiger partial charge in [-0.15, -0.1) is 11.3 Å². The fourth-order valence-electron chi connectivity index (χ4n) is 2.80. The van der Waals surface area contributed by atoms with Crippen LogP contribution >= 0.6 is 11.3 Å². The summed E-state index contributed by atoms with van der Waals surface area (Å²) in [6.45, 7) is 0.996. The number of ketones is 1. The van der Waals surface area contributed by atoms with Gasteiger partial charge in [0.1, 0.15) is 0 Å². The highest BCUT2D eigenvalue weighted by Gasteiger charge is 2.19. The molecule has 2 amide bonds. The van der Waals surface area contributed by atoms with Crippen LogP contribution in [-0.4, -0.2) is 31.2 Å². The summed E-state index contributed by atoms with van der Waals surface area (Å²) in [5, 5.41) is 4.72. The number of amides is 2. The Morgan fingerprint density at radius 1 is 1.29 bits per heavy atom. The number of fused-ring (bicyclic) bond motifs is 1. The lowest BCUT2D eigenvalue weighted by Crippen LogP contribution is -2.27. The standard InChI is InChI=1S/C18H18N2O3S/c21-12-20-8-6-13-10-14(3-4-16(13)20)17(22)5-7-19-18(23)11-15-2-1-9-24-15/h1-4,9-10,12H,5-8,11H2,(H,19,23). The fraction of sp³-hybridized carbons (Fsp3) is 0.278. The van der Waals surface area contributed by atoms with Crippen LogP contribution in [0, 0.1) is 0 Å². The molecule has 5 nitrogen and oxygen atoms in total. The third-order valence-corrected chi connectivity index (χ3v) is 4.93. The van der Waals surface area contributed by atoms with Gasteiger partial charge in [0.15, 0.2) is 5.78 Å². The maximum atomic E-state index is 12.3. The first-order valence-electron chi connectivity index (χ1n) is 7.84. The van der Waals surface area contributed by atoms with Crippen molar-refractivity contribution < 1.29 is 14.4 Å². The van der Waals surface area contributed by atoms with Gasteiger partial charge >= 0.3 is 0 Å². The van der Waals surface area contributed by atoms with Crippen LogP contribution in [0.1, 0.15) is 27.2 Å². The van der Waals surface area contributed by atoms with Gasteiger partial charge in [-0.3, -0.25) is 14.4 Å². The van der Waals surface area contributed by atoms with Crippen LogP contribution in [0.2, 0.25) is 0 Å². The van der Waals surface area contributed by atoms with E-state index in [4.69, 9.17) is 0 Å². The van der Waals surface area contributed by atoms with Crippen molar-refractivity contribution in [2.75, 3.05) is 18.0 Å². The number of thiophene rings is 1. The van der Waals surface area contributed by atoms with Crippen LogP contribution in [0.25, 0.3) is 0 Å². The topological polar surface area (TPSA) is 66.5 Å². The molecule has 0 radical (unpaired) electrons. The molecular formula is C18H18N2O3S. The Kier molecular flexibility index (Phi) is 5.05. The van der Waals surface area contributed by atoms with Crippen LogP contribution in [0.3, 0.4) is 0 Å². The van der Waals surface area contributed by atoms with Crippen molar-refractivity contribution in [2.24, 2.45) is 0 Å². The van der Waals surface area contributed by atoms with E-state index in [9.17, 15) is 14.4 Å². The molecule has 0 saturated carbocycles. The van der Waals surface area contributed by atoms with E-state index in [1.165, 1.54) is 0 Å². The molecule has 3 rings (SSSR count). The van der Waals surface area contributed by atoms with E-state index in [0.717, 1.165) is 29.0 Å². The molecule has 0 aliphatic carbocycles. The Morgan fingerprint density at radius 2 is 2.17 bits per heavy atom. The lowest BCUT2D eigenvalue weighted by Gasteiger charge is -2.10. The number of Topliss-reactive ketones (excluding diaryl/α,β-unsaturated/α-hetero) is 1. The summed E-state index contributed by atoms with van der Waals surface area (Å²) >= 11 is 1.54. The number of hydrogen-bond donors (Lipinski definition) is 1. The van der Waals surface area contributed by atoms with E-state index < -0.39 is 0 Å². The van der Waals surface area contributed by atoms with Crippen LogP contribution in [-0.2, 0) is 22.4 Å². The van der Waals surface area contributed by atoms with Crippen LogP contribution in [0.15, 0.2) is 35.7 Å². The molecule has 0 fully saturated rings. The number of anilines is 1. The summed E-state index contributed by atoms with van der Waals surface area (Å²) in [5.74, 6) is -0.0698. The Hall–Kier alpha value is -2.47. The quantitative estimate of drug-likeness (QED) is 0.620. The zero-order valence-corrected chi connectivity index (χ0v) is 14.0. The monoisotopic (exact) mass is 342 g/mol. The number of nitrogens with zero attached hydrogens (tertiary/aromatic N) is 1. The third kappa shape index (κ3) is 3.71. The number of hydrogen-bond acceptors (Lipinski definition) is 4. The second-order valence-corrected chi connectivity index (χ2v) is 6.70. The normalized spacial score (nSPS) is 12.8. The van der Waals surface area contributed by atoms with Gasteiger partial charge in [-0.2, -0.15) is 0 Å². The van der Waals surface area contributed by atoms with Gasteiger partial charge in [-0.25, -0.2) is 0 Å². The van der Waals surface area contributed by atoms with E-state index in [-0.39, 0.29) is 18.1 Å².